The summed E-state index contributed by atoms with van der Waals surface area (Å²) >= 11 is 0. The summed E-state index contributed by atoms with van der Waals surface area (Å²) < 4.78 is 5.75. The van der Waals surface area contributed by atoms with Crippen LogP contribution >= 0.6 is 0 Å². The molecule has 5 nitrogen and oxygen atoms in total. The number of carboxylic acid groups (broad SMARTS) is 1. The highest BCUT2D eigenvalue weighted by atomic mass is 16.5. The van der Waals surface area contributed by atoms with Crippen LogP contribution in [0.5, 0.6) is 5.75 Å². The van der Waals surface area contributed by atoms with Crippen molar-refractivity contribution in [2.45, 2.75) is 32.2 Å². The summed E-state index contributed by atoms with van der Waals surface area (Å²) in [6.45, 7) is 2.13. The number of hydrogen-bond acceptors (Lipinski definition) is 3. The third-order valence-corrected chi connectivity index (χ3v) is 3.60. The summed E-state index contributed by atoms with van der Waals surface area (Å²) in [5.74, 6) is -0.478. The van der Waals surface area contributed by atoms with Crippen molar-refractivity contribution in [3.63, 3.8) is 0 Å². The van der Waals surface area contributed by atoms with Crippen LogP contribution in [-0.4, -0.2) is 29.6 Å². The highest BCUT2D eigenvalue weighted by Crippen LogP contribution is 2.25. The monoisotopic (exact) mass is 315 g/mol. The van der Waals surface area contributed by atoms with Crippen LogP contribution in [0.3, 0.4) is 0 Å². The number of fused-ring (bicyclic) bond motifs is 1. The molecule has 0 aromatic heterocycles. The van der Waals surface area contributed by atoms with Gasteiger partial charge in [0.2, 0.25) is 5.91 Å². The van der Waals surface area contributed by atoms with E-state index in [-0.39, 0.29) is 12.3 Å². The van der Waals surface area contributed by atoms with Crippen molar-refractivity contribution in [1.29, 1.82) is 0 Å². The van der Waals surface area contributed by atoms with Crippen molar-refractivity contribution in [2.24, 2.45) is 0 Å². The molecule has 122 valence electrons. The molecule has 1 atom stereocenters. The second kappa shape index (κ2) is 8.17. The van der Waals surface area contributed by atoms with E-state index in [1.807, 2.05) is 42.5 Å². The third-order valence-electron chi connectivity index (χ3n) is 3.60. The van der Waals surface area contributed by atoms with Crippen LogP contribution in [0.15, 0.2) is 42.5 Å². The lowest BCUT2D eigenvalue weighted by atomic mass is 10.1. The maximum absolute atomic E-state index is 11.7. The zero-order valence-corrected chi connectivity index (χ0v) is 13.1. The van der Waals surface area contributed by atoms with E-state index in [1.165, 1.54) is 0 Å². The highest BCUT2D eigenvalue weighted by molar-refractivity contribution is 5.88. The summed E-state index contributed by atoms with van der Waals surface area (Å²) in [5, 5.41) is 13.5. The summed E-state index contributed by atoms with van der Waals surface area (Å²) in [6, 6.07) is 13.0. The molecule has 2 rings (SSSR count). The van der Waals surface area contributed by atoms with Crippen LogP contribution in [0.2, 0.25) is 0 Å². The third kappa shape index (κ3) is 4.71. The van der Waals surface area contributed by atoms with E-state index in [4.69, 9.17) is 9.84 Å². The summed E-state index contributed by atoms with van der Waals surface area (Å²) in [4.78, 5) is 22.6. The quantitative estimate of drug-likeness (QED) is 0.734. The first-order chi connectivity index (χ1) is 11.1. The van der Waals surface area contributed by atoms with Gasteiger partial charge in [0, 0.05) is 11.8 Å². The van der Waals surface area contributed by atoms with Crippen LogP contribution in [0.4, 0.5) is 0 Å². The van der Waals surface area contributed by atoms with Crippen molar-refractivity contribution in [2.75, 3.05) is 6.61 Å². The number of rotatable bonds is 8. The molecule has 23 heavy (non-hydrogen) atoms. The van der Waals surface area contributed by atoms with Gasteiger partial charge >= 0.3 is 5.97 Å². The van der Waals surface area contributed by atoms with Gasteiger partial charge in [-0.3, -0.25) is 4.79 Å². The van der Waals surface area contributed by atoms with E-state index in [2.05, 4.69) is 5.32 Å². The zero-order chi connectivity index (χ0) is 16.7. The molecule has 2 N–H and O–H groups in total. The van der Waals surface area contributed by atoms with Gasteiger partial charge in [0.15, 0.2) is 0 Å². The van der Waals surface area contributed by atoms with Crippen LogP contribution in [0.1, 0.15) is 26.2 Å². The number of amides is 1. The van der Waals surface area contributed by atoms with E-state index in [9.17, 15) is 9.59 Å². The van der Waals surface area contributed by atoms with Gasteiger partial charge in [-0.15, -0.1) is 0 Å². The number of carboxylic acids is 1. The van der Waals surface area contributed by atoms with Crippen molar-refractivity contribution in [1.82, 2.24) is 5.32 Å². The Morgan fingerprint density at radius 2 is 1.91 bits per heavy atom. The Kier molecular flexibility index (Phi) is 5.97. The molecule has 0 heterocycles. The molecule has 0 saturated carbocycles. The Morgan fingerprint density at radius 1 is 1.17 bits per heavy atom. The van der Waals surface area contributed by atoms with E-state index in [0.717, 1.165) is 16.5 Å². The number of carbonyl (C=O) groups excluding carboxylic acids is 1. The molecule has 0 aliphatic rings. The Labute approximate surface area is 135 Å². The molecule has 1 amide bonds. The lowest BCUT2D eigenvalue weighted by Crippen LogP contribution is -2.40. The number of nitrogens with one attached hydrogen (secondary N) is 1. The SMILES string of the molecule is CCC(NC(=O)CCCOc1cccc2ccccc12)C(=O)O. The predicted molar refractivity (Wildman–Crippen MR) is 88.5 cm³/mol. The molecule has 0 saturated heterocycles. The van der Waals surface area contributed by atoms with Crippen molar-refractivity contribution in [3.8, 4) is 5.75 Å². The summed E-state index contributed by atoms with van der Waals surface area (Å²) in [5.41, 5.74) is 0. The molecule has 0 aliphatic heterocycles. The second-order valence-corrected chi connectivity index (χ2v) is 5.30. The fraction of sp³-hybridized carbons (Fsp3) is 0.333. The Hall–Kier alpha value is -2.56. The molecular formula is C18H21NO4. The average molecular weight is 315 g/mol. The Balaban J connectivity index is 1.81. The minimum absolute atomic E-state index is 0.245. The van der Waals surface area contributed by atoms with Gasteiger partial charge in [-0.25, -0.2) is 4.79 Å². The molecule has 0 radical (unpaired) electrons. The lowest BCUT2D eigenvalue weighted by Gasteiger charge is -2.12. The number of benzene rings is 2. The fourth-order valence-electron chi connectivity index (χ4n) is 2.34. The first-order valence-corrected chi connectivity index (χ1v) is 7.74. The van der Waals surface area contributed by atoms with Crippen LogP contribution in [0, 0.1) is 0 Å². The smallest absolute Gasteiger partial charge is 0.326 e. The molecule has 0 fully saturated rings. The standard InChI is InChI=1S/C18H21NO4/c1-2-15(18(21)22)19-17(20)11-6-12-23-16-10-5-8-13-7-3-4-9-14(13)16/h3-5,7-10,15H,2,6,11-12H2,1H3,(H,19,20)(H,21,22). The Bertz CT molecular complexity index is 678. The van der Waals surface area contributed by atoms with Gasteiger partial charge in [0.05, 0.1) is 6.61 Å². The van der Waals surface area contributed by atoms with E-state index < -0.39 is 12.0 Å². The normalized spacial score (nSPS) is 11.9. The van der Waals surface area contributed by atoms with Gasteiger partial charge in [-0.1, -0.05) is 43.3 Å². The lowest BCUT2D eigenvalue weighted by molar-refractivity contribution is -0.141. The maximum Gasteiger partial charge on any atom is 0.326 e. The summed E-state index contributed by atoms with van der Waals surface area (Å²) in [7, 11) is 0. The van der Waals surface area contributed by atoms with Crippen LogP contribution in [0.25, 0.3) is 10.8 Å². The first kappa shape index (κ1) is 16.8. The van der Waals surface area contributed by atoms with Gasteiger partial charge in [-0.2, -0.15) is 0 Å². The topological polar surface area (TPSA) is 75.6 Å². The number of hydrogen-bond donors (Lipinski definition) is 2. The molecule has 0 spiro atoms. The second-order valence-electron chi connectivity index (χ2n) is 5.30. The zero-order valence-electron chi connectivity index (χ0n) is 13.1. The molecule has 0 aliphatic carbocycles. The van der Waals surface area contributed by atoms with Gasteiger partial charge < -0.3 is 15.2 Å². The van der Waals surface area contributed by atoms with E-state index >= 15 is 0 Å². The van der Waals surface area contributed by atoms with Gasteiger partial charge in [0.1, 0.15) is 11.8 Å². The maximum atomic E-state index is 11.7. The molecule has 2 aromatic rings. The number of ether oxygens (including phenoxy) is 1. The average Bonchev–Trinajstić information content (AvgIpc) is 2.56. The molecule has 5 heteroatoms. The number of aliphatic carboxylic acids is 1. The van der Waals surface area contributed by atoms with E-state index in [1.54, 1.807) is 6.92 Å². The fourth-order valence-corrected chi connectivity index (χ4v) is 2.34. The van der Waals surface area contributed by atoms with Crippen molar-refractivity contribution < 1.29 is 19.4 Å². The number of carbonyl (C=O) groups is 2. The highest BCUT2D eigenvalue weighted by Gasteiger charge is 2.16. The van der Waals surface area contributed by atoms with Crippen LogP contribution in [-0.2, 0) is 9.59 Å². The van der Waals surface area contributed by atoms with E-state index in [0.29, 0.717) is 19.4 Å². The largest absolute Gasteiger partial charge is 0.493 e. The molecule has 1 unspecified atom stereocenters. The minimum atomic E-state index is -1.01. The van der Waals surface area contributed by atoms with Crippen molar-refractivity contribution >= 4 is 22.6 Å². The molecular weight excluding hydrogens is 294 g/mol. The van der Waals surface area contributed by atoms with Crippen LogP contribution < -0.4 is 10.1 Å². The van der Waals surface area contributed by atoms with Gasteiger partial charge in [0.25, 0.3) is 0 Å². The molecule has 0 bridgehead atoms. The predicted octanol–water partition coefficient (Wildman–Crippen LogP) is 2.98. The van der Waals surface area contributed by atoms with Crippen molar-refractivity contribution in [3.05, 3.63) is 42.5 Å². The first-order valence-electron chi connectivity index (χ1n) is 7.74. The molecule has 2 aromatic carbocycles. The van der Waals surface area contributed by atoms with Gasteiger partial charge in [-0.05, 0) is 24.3 Å². The summed E-state index contributed by atoms with van der Waals surface area (Å²) in [6.07, 6.45) is 1.15. The Morgan fingerprint density at radius 3 is 2.65 bits per heavy atom. The minimum Gasteiger partial charge on any atom is -0.493 e.